The van der Waals surface area contributed by atoms with Gasteiger partial charge < -0.3 is 5.73 Å². The van der Waals surface area contributed by atoms with Crippen LogP contribution in [0.5, 0.6) is 0 Å². The van der Waals surface area contributed by atoms with Gasteiger partial charge in [0.1, 0.15) is 0 Å². The molecule has 0 fully saturated rings. The summed E-state index contributed by atoms with van der Waals surface area (Å²) in [5, 5.41) is 8.13. The molecule has 0 aromatic carbocycles. The standard InChI is InChI=1S/C6H10N2O2S2/c1-4-2-12(9,10)3-5(4)11-6(7)8/h3-4H,2H2,1H3,(H3,7,8)/t4-/m1/s1. The van der Waals surface area contributed by atoms with E-state index >= 15 is 0 Å². The lowest BCUT2D eigenvalue weighted by Gasteiger charge is -2.03. The van der Waals surface area contributed by atoms with Crippen LogP contribution in [0, 0.1) is 11.3 Å². The Morgan fingerprint density at radius 3 is 2.75 bits per heavy atom. The summed E-state index contributed by atoms with van der Waals surface area (Å²) in [6, 6.07) is 0. The summed E-state index contributed by atoms with van der Waals surface area (Å²) >= 11 is 1.02. The normalized spacial score (nSPS) is 26.8. The van der Waals surface area contributed by atoms with Gasteiger partial charge in [-0.15, -0.1) is 0 Å². The first kappa shape index (κ1) is 9.60. The lowest BCUT2D eigenvalue weighted by atomic mass is 10.2. The van der Waals surface area contributed by atoms with Gasteiger partial charge in [0.05, 0.1) is 5.75 Å². The van der Waals surface area contributed by atoms with Gasteiger partial charge in [0.2, 0.25) is 0 Å². The van der Waals surface area contributed by atoms with Crippen molar-refractivity contribution in [1.82, 2.24) is 0 Å². The van der Waals surface area contributed by atoms with Crippen LogP contribution in [0.3, 0.4) is 0 Å². The van der Waals surface area contributed by atoms with E-state index in [1.54, 1.807) is 0 Å². The number of nitrogens with one attached hydrogen (secondary N) is 1. The van der Waals surface area contributed by atoms with Gasteiger partial charge in [0.25, 0.3) is 0 Å². The Kier molecular flexibility index (Phi) is 2.48. The van der Waals surface area contributed by atoms with Crippen LogP contribution < -0.4 is 5.73 Å². The third kappa shape index (κ3) is 2.25. The van der Waals surface area contributed by atoms with Crippen molar-refractivity contribution in [2.24, 2.45) is 11.7 Å². The smallest absolute Gasteiger partial charge is 0.173 e. The summed E-state index contributed by atoms with van der Waals surface area (Å²) < 4.78 is 22.1. The SMILES string of the molecule is C[C@@H]1CS(=O)(=O)C=C1SC(=N)N. The molecule has 0 spiro atoms. The molecule has 12 heavy (non-hydrogen) atoms. The largest absolute Gasteiger partial charge is 0.378 e. The third-order valence-corrected chi connectivity index (χ3v) is 4.19. The van der Waals surface area contributed by atoms with Gasteiger partial charge in [-0.25, -0.2) is 8.42 Å². The highest BCUT2D eigenvalue weighted by Crippen LogP contribution is 2.31. The molecule has 0 amide bonds. The van der Waals surface area contributed by atoms with Crippen molar-refractivity contribution in [3.05, 3.63) is 10.3 Å². The average Bonchev–Trinajstić information content (AvgIpc) is 2.03. The van der Waals surface area contributed by atoms with Gasteiger partial charge in [-0.1, -0.05) is 18.7 Å². The summed E-state index contributed by atoms with van der Waals surface area (Å²) in [5.74, 6) is 0.117. The Morgan fingerprint density at radius 2 is 2.42 bits per heavy atom. The number of hydrogen-bond acceptors (Lipinski definition) is 4. The first-order valence-corrected chi connectivity index (χ1v) is 5.90. The maximum Gasteiger partial charge on any atom is 0.173 e. The van der Waals surface area contributed by atoms with Crippen LogP contribution in [0.1, 0.15) is 6.92 Å². The number of amidine groups is 1. The summed E-state index contributed by atoms with van der Waals surface area (Å²) in [6.45, 7) is 1.81. The molecule has 0 aliphatic carbocycles. The molecule has 1 aliphatic rings. The summed E-state index contributed by atoms with van der Waals surface area (Å²) in [5.41, 5.74) is 5.13. The van der Waals surface area contributed by atoms with E-state index in [1.807, 2.05) is 6.92 Å². The van der Waals surface area contributed by atoms with Crippen LogP contribution in [-0.2, 0) is 9.84 Å². The number of rotatable bonds is 1. The fourth-order valence-electron chi connectivity index (χ4n) is 1.02. The van der Waals surface area contributed by atoms with Gasteiger partial charge in [-0.2, -0.15) is 0 Å². The fraction of sp³-hybridized carbons (Fsp3) is 0.500. The number of sulfone groups is 1. The van der Waals surface area contributed by atoms with Crippen LogP contribution in [0.2, 0.25) is 0 Å². The third-order valence-electron chi connectivity index (χ3n) is 1.49. The molecule has 6 heteroatoms. The molecule has 0 radical (unpaired) electrons. The molecule has 0 saturated heterocycles. The van der Waals surface area contributed by atoms with Gasteiger partial charge in [0, 0.05) is 16.2 Å². The second-order valence-electron chi connectivity index (χ2n) is 2.72. The Labute approximate surface area is 75.6 Å². The highest BCUT2D eigenvalue weighted by atomic mass is 32.2. The zero-order valence-electron chi connectivity index (χ0n) is 6.57. The van der Waals surface area contributed by atoms with E-state index < -0.39 is 9.84 Å². The van der Waals surface area contributed by atoms with Crippen molar-refractivity contribution in [3.8, 4) is 0 Å². The van der Waals surface area contributed by atoms with Gasteiger partial charge in [-0.3, -0.25) is 5.41 Å². The van der Waals surface area contributed by atoms with E-state index in [2.05, 4.69) is 0 Å². The fourth-order valence-corrected chi connectivity index (χ4v) is 3.86. The molecule has 4 nitrogen and oxygen atoms in total. The van der Waals surface area contributed by atoms with Crippen molar-refractivity contribution in [3.63, 3.8) is 0 Å². The highest BCUT2D eigenvalue weighted by molar-refractivity contribution is 8.17. The Bertz CT molecular complexity index is 331. The minimum absolute atomic E-state index is 0.0242. The Balaban J connectivity index is 2.85. The van der Waals surface area contributed by atoms with E-state index in [1.165, 1.54) is 5.41 Å². The van der Waals surface area contributed by atoms with E-state index in [0.29, 0.717) is 4.91 Å². The quantitative estimate of drug-likeness (QED) is 0.484. The molecular weight excluding hydrogens is 196 g/mol. The number of nitrogens with two attached hydrogens (primary N) is 1. The topological polar surface area (TPSA) is 84.0 Å². The maximum absolute atomic E-state index is 11.0. The summed E-state index contributed by atoms with van der Waals surface area (Å²) in [4.78, 5) is 0.669. The van der Waals surface area contributed by atoms with Gasteiger partial charge in [-0.05, 0) is 0 Å². The molecule has 3 N–H and O–H groups in total. The average molecular weight is 206 g/mol. The minimum Gasteiger partial charge on any atom is -0.378 e. The predicted molar refractivity (Wildman–Crippen MR) is 50.5 cm³/mol. The maximum atomic E-state index is 11.0. The van der Waals surface area contributed by atoms with Gasteiger partial charge in [0.15, 0.2) is 15.0 Å². The van der Waals surface area contributed by atoms with Crippen molar-refractivity contribution in [2.45, 2.75) is 6.92 Å². The molecule has 1 rings (SSSR count). The van der Waals surface area contributed by atoms with Crippen LogP contribution in [0.25, 0.3) is 0 Å². The van der Waals surface area contributed by atoms with Crippen LogP contribution in [-0.4, -0.2) is 19.3 Å². The highest BCUT2D eigenvalue weighted by Gasteiger charge is 2.26. The number of allylic oxidation sites excluding steroid dienone is 1. The molecule has 0 saturated carbocycles. The van der Waals surface area contributed by atoms with Crippen molar-refractivity contribution in [2.75, 3.05) is 5.75 Å². The Morgan fingerprint density at radius 1 is 1.83 bits per heavy atom. The lowest BCUT2D eigenvalue weighted by Crippen LogP contribution is -2.07. The van der Waals surface area contributed by atoms with Crippen molar-refractivity contribution in [1.29, 1.82) is 5.41 Å². The van der Waals surface area contributed by atoms with Crippen LogP contribution >= 0.6 is 11.8 Å². The number of thioether (sulfide) groups is 1. The second-order valence-corrected chi connectivity index (χ2v) is 5.73. The molecule has 1 aliphatic heterocycles. The van der Waals surface area contributed by atoms with Crippen LogP contribution in [0.15, 0.2) is 10.3 Å². The molecular formula is C6H10N2O2S2. The zero-order chi connectivity index (χ0) is 9.35. The minimum atomic E-state index is -3.03. The monoisotopic (exact) mass is 206 g/mol. The van der Waals surface area contributed by atoms with E-state index in [-0.39, 0.29) is 16.8 Å². The molecule has 68 valence electrons. The molecule has 1 heterocycles. The van der Waals surface area contributed by atoms with E-state index in [0.717, 1.165) is 11.8 Å². The lowest BCUT2D eigenvalue weighted by molar-refractivity contribution is 0.601. The molecule has 0 unspecified atom stereocenters. The first-order chi connectivity index (χ1) is 5.41. The molecule has 1 atom stereocenters. The van der Waals surface area contributed by atoms with Crippen molar-refractivity contribution >= 4 is 26.8 Å². The molecule has 0 aromatic heterocycles. The summed E-state index contributed by atoms with van der Waals surface area (Å²) in [6.07, 6.45) is 0. The first-order valence-electron chi connectivity index (χ1n) is 3.37. The van der Waals surface area contributed by atoms with Crippen molar-refractivity contribution < 1.29 is 8.42 Å². The predicted octanol–water partition coefficient (Wildman–Crippen LogP) is 0.519. The van der Waals surface area contributed by atoms with Gasteiger partial charge >= 0.3 is 0 Å². The Hall–Kier alpha value is -0.490. The summed E-state index contributed by atoms with van der Waals surface area (Å²) in [7, 11) is -3.03. The van der Waals surface area contributed by atoms with E-state index in [4.69, 9.17) is 11.1 Å². The molecule has 0 bridgehead atoms. The zero-order valence-corrected chi connectivity index (χ0v) is 8.21. The van der Waals surface area contributed by atoms with Crippen LogP contribution in [0.4, 0.5) is 0 Å². The number of hydrogen-bond donors (Lipinski definition) is 2. The van der Waals surface area contributed by atoms with E-state index in [9.17, 15) is 8.42 Å². The second kappa shape index (κ2) is 3.10. The molecule has 0 aromatic rings.